The summed E-state index contributed by atoms with van der Waals surface area (Å²) in [5.74, 6) is 1.78. The average Bonchev–Trinajstić information content (AvgIpc) is 2.88. The summed E-state index contributed by atoms with van der Waals surface area (Å²) in [4.78, 5) is 38.3. The third-order valence-corrected chi connectivity index (χ3v) is 7.31. The van der Waals surface area contributed by atoms with Crippen LogP contribution in [0.25, 0.3) is 10.9 Å². The SMILES string of the molecule is COCCN(C)C(=O)COc1cc2cc(Cc3nc(N4C[C@H](C)C[C@H](C)C4)ncc3Cl)ccc2n(C)c1=O. The molecule has 3 aromatic rings. The summed E-state index contributed by atoms with van der Waals surface area (Å²) in [5, 5.41) is 1.34. The van der Waals surface area contributed by atoms with Crippen LogP contribution < -0.4 is 15.2 Å². The number of ether oxygens (including phenoxy) is 2. The first-order chi connectivity index (χ1) is 18.2. The maximum atomic E-state index is 12.8. The van der Waals surface area contributed by atoms with Gasteiger partial charge in [0.05, 0.1) is 29.0 Å². The number of benzene rings is 1. The number of halogens is 1. The number of piperidine rings is 1. The maximum absolute atomic E-state index is 12.8. The molecule has 10 heteroatoms. The zero-order valence-corrected chi connectivity index (χ0v) is 23.5. The predicted molar refractivity (Wildman–Crippen MR) is 149 cm³/mol. The van der Waals surface area contributed by atoms with E-state index < -0.39 is 0 Å². The first-order valence-corrected chi connectivity index (χ1v) is 13.3. The largest absolute Gasteiger partial charge is 0.478 e. The van der Waals surface area contributed by atoms with Crippen LogP contribution in [0.2, 0.25) is 5.02 Å². The fourth-order valence-corrected chi connectivity index (χ4v) is 5.16. The van der Waals surface area contributed by atoms with E-state index in [2.05, 4.69) is 23.7 Å². The van der Waals surface area contributed by atoms with Gasteiger partial charge in [-0.2, -0.15) is 0 Å². The highest BCUT2D eigenvalue weighted by Crippen LogP contribution is 2.27. The number of aryl methyl sites for hydroxylation is 1. The third-order valence-electron chi connectivity index (χ3n) is 6.99. The molecule has 204 valence electrons. The van der Waals surface area contributed by atoms with Gasteiger partial charge in [0.25, 0.3) is 11.5 Å². The van der Waals surface area contributed by atoms with Crippen LogP contribution in [0.5, 0.6) is 5.75 Å². The molecule has 1 saturated heterocycles. The van der Waals surface area contributed by atoms with Crippen molar-refractivity contribution in [1.29, 1.82) is 0 Å². The molecule has 2 aromatic heterocycles. The van der Waals surface area contributed by atoms with Gasteiger partial charge in [0.1, 0.15) is 0 Å². The van der Waals surface area contributed by atoms with E-state index >= 15 is 0 Å². The summed E-state index contributed by atoms with van der Waals surface area (Å²) in [7, 11) is 4.94. The predicted octanol–water partition coefficient (Wildman–Crippen LogP) is 3.54. The van der Waals surface area contributed by atoms with Gasteiger partial charge in [0, 0.05) is 52.6 Å². The molecule has 0 radical (unpaired) electrons. The van der Waals surface area contributed by atoms with Crippen LogP contribution in [-0.4, -0.2) is 72.3 Å². The number of aromatic nitrogens is 3. The Morgan fingerprint density at radius 3 is 2.66 bits per heavy atom. The Bertz CT molecular complexity index is 1350. The number of nitrogens with zero attached hydrogens (tertiary/aromatic N) is 5. The lowest BCUT2D eigenvalue weighted by Crippen LogP contribution is -2.39. The number of anilines is 1. The number of rotatable bonds is 9. The van der Waals surface area contributed by atoms with Crippen molar-refractivity contribution in [2.24, 2.45) is 18.9 Å². The topological polar surface area (TPSA) is 89.8 Å². The van der Waals surface area contributed by atoms with Gasteiger partial charge in [0.15, 0.2) is 12.4 Å². The Balaban J connectivity index is 1.55. The quantitative estimate of drug-likeness (QED) is 0.409. The number of fused-ring (bicyclic) bond motifs is 1. The van der Waals surface area contributed by atoms with Crippen LogP contribution >= 0.6 is 11.6 Å². The summed E-state index contributed by atoms with van der Waals surface area (Å²) < 4.78 is 12.2. The number of amides is 1. The van der Waals surface area contributed by atoms with Gasteiger partial charge in [-0.25, -0.2) is 9.97 Å². The molecule has 38 heavy (non-hydrogen) atoms. The summed E-state index contributed by atoms with van der Waals surface area (Å²) in [6.45, 7) is 7.03. The molecule has 1 fully saturated rings. The molecular weight excluding hydrogens is 506 g/mol. The van der Waals surface area contributed by atoms with E-state index in [1.165, 1.54) is 15.9 Å². The second-order valence-electron chi connectivity index (χ2n) is 10.4. The van der Waals surface area contributed by atoms with Crippen LogP contribution in [0.3, 0.4) is 0 Å². The van der Waals surface area contributed by atoms with E-state index in [-0.39, 0.29) is 23.8 Å². The van der Waals surface area contributed by atoms with Gasteiger partial charge in [-0.3, -0.25) is 9.59 Å². The molecule has 0 bridgehead atoms. The zero-order chi connectivity index (χ0) is 27.4. The number of likely N-dealkylation sites (N-methyl/N-ethyl adjacent to an activating group) is 1. The molecule has 3 heterocycles. The summed E-state index contributed by atoms with van der Waals surface area (Å²) in [5.41, 5.74) is 2.21. The maximum Gasteiger partial charge on any atom is 0.293 e. The fraction of sp³-hybridized carbons (Fsp3) is 0.500. The van der Waals surface area contributed by atoms with Crippen molar-refractivity contribution in [2.75, 3.05) is 51.9 Å². The van der Waals surface area contributed by atoms with Crippen LogP contribution in [0.1, 0.15) is 31.5 Å². The molecule has 2 atom stereocenters. The number of hydrogen-bond donors (Lipinski definition) is 0. The van der Waals surface area contributed by atoms with Crippen molar-refractivity contribution >= 4 is 34.4 Å². The zero-order valence-electron chi connectivity index (χ0n) is 22.7. The number of hydrogen-bond acceptors (Lipinski definition) is 7. The van der Waals surface area contributed by atoms with Gasteiger partial charge in [-0.05, 0) is 42.0 Å². The third kappa shape index (κ3) is 6.45. The van der Waals surface area contributed by atoms with Crippen molar-refractivity contribution in [3.63, 3.8) is 0 Å². The first kappa shape index (κ1) is 27.9. The summed E-state index contributed by atoms with van der Waals surface area (Å²) >= 11 is 6.51. The monoisotopic (exact) mass is 541 g/mol. The van der Waals surface area contributed by atoms with Crippen molar-refractivity contribution in [2.45, 2.75) is 26.7 Å². The van der Waals surface area contributed by atoms with Crippen LogP contribution in [-0.2, 0) is 23.0 Å². The lowest BCUT2D eigenvalue weighted by molar-refractivity contribution is -0.132. The Morgan fingerprint density at radius 2 is 1.95 bits per heavy atom. The van der Waals surface area contributed by atoms with Crippen molar-refractivity contribution in [1.82, 2.24) is 19.4 Å². The summed E-state index contributed by atoms with van der Waals surface area (Å²) in [6, 6.07) is 7.56. The van der Waals surface area contributed by atoms with E-state index in [9.17, 15) is 9.59 Å². The van der Waals surface area contributed by atoms with E-state index in [0.29, 0.717) is 42.4 Å². The molecule has 0 spiro atoms. The Kier molecular flexibility index (Phi) is 8.89. The van der Waals surface area contributed by atoms with E-state index in [4.69, 9.17) is 26.1 Å². The Labute approximate surface area is 228 Å². The van der Waals surface area contributed by atoms with Crippen LogP contribution in [0.15, 0.2) is 35.3 Å². The first-order valence-electron chi connectivity index (χ1n) is 12.9. The molecule has 1 amide bonds. The fourth-order valence-electron chi connectivity index (χ4n) is 5.01. The molecule has 1 aliphatic rings. The molecule has 4 rings (SSSR count). The number of carbonyl (C=O) groups is 1. The van der Waals surface area contributed by atoms with Crippen LogP contribution in [0.4, 0.5) is 5.95 Å². The van der Waals surface area contributed by atoms with Gasteiger partial charge in [0.2, 0.25) is 5.95 Å². The average molecular weight is 542 g/mol. The molecule has 1 aliphatic heterocycles. The normalized spacial score (nSPS) is 17.6. The number of carbonyl (C=O) groups excluding carboxylic acids is 1. The van der Waals surface area contributed by atoms with Gasteiger partial charge in [-0.15, -0.1) is 0 Å². The second kappa shape index (κ2) is 12.1. The van der Waals surface area contributed by atoms with Gasteiger partial charge >= 0.3 is 0 Å². The van der Waals surface area contributed by atoms with E-state index in [1.54, 1.807) is 33.5 Å². The molecule has 0 saturated carbocycles. The number of methoxy groups -OCH3 is 1. The Hall–Kier alpha value is -3.17. The number of pyridine rings is 1. The molecule has 1 aromatic carbocycles. The highest BCUT2D eigenvalue weighted by Gasteiger charge is 2.24. The molecule has 9 nitrogen and oxygen atoms in total. The minimum atomic E-state index is -0.300. The molecular formula is C28H36ClN5O4. The van der Waals surface area contributed by atoms with Crippen molar-refractivity contribution in [3.05, 3.63) is 57.1 Å². The van der Waals surface area contributed by atoms with Crippen LogP contribution in [0, 0.1) is 11.8 Å². The summed E-state index contributed by atoms with van der Waals surface area (Å²) in [6.07, 6.45) is 3.41. The lowest BCUT2D eigenvalue weighted by atomic mass is 9.92. The highest BCUT2D eigenvalue weighted by atomic mass is 35.5. The molecule has 0 aliphatic carbocycles. The molecule has 0 N–H and O–H groups in total. The second-order valence-corrected chi connectivity index (χ2v) is 10.8. The standard InChI is InChI=1S/C28H36ClN5O4/c1-18-10-19(2)16-34(15-18)28-30-14-22(29)23(31-28)12-20-6-7-24-21(11-20)13-25(27(36)33(24)4)38-17-26(35)32(3)8-9-37-5/h6-7,11,13-14,18-19H,8-10,12,15-17H2,1-5H3/t18-,19+. The minimum absolute atomic E-state index is 0.126. The molecule has 0 unspecified atom stereocenters. The van der Waals surface area contributed by atoms with E-state index in [0.717, 1.165) is 35.2 Å². The van der Waals surface area contributed by atoms with E-state index in [1.807, 2.05) is 18.2 Å². The lowest BCUT2D eigenvalue weighted by Gasteiger charge is -2.35. The van der Waals surface area contributed by atoms with Crippen molar-refractivity contribution < 1.29 is 14.3 Å². The van der Waals surface area contributed by atoms with Gasteiger partial charge in [-0.1, -0.05) is 31.5 Å². The van der Waals surface area contributed by atoms with Crippen molar-refractivity contribution in [3.8, 4) is 5.75 Å². The Morgan fingerprint density at radius 1 is 1.21 bits per heavy atom. The highest BCUT2D eigenvalue weighted by molar-refractivity contribution is 6.31. The van der Waals surface area contributed by atoms with Gasteiger partial charge < -0.3 is 23.8 Å². The smallest absolute Gasteiger partial charge is 0.293 e. The minimum Gasteiger partial charge on any atom is -0.478 e.